The Hall–Kier alpha value is -2.64. The lowest BCUT2D eigenvalue weighted by Gasteiger charge is -2.30. The van der Waals surface area contributed by atoms with E-state index in [1.165, 1.54) is 6.07 Å². The number of hydrogen-bond acceptors (Lipinski definition) is 3. The fraction of sp³-hybridized carbons (Fsp3) is 0.318. The number of aromatic amines is 1. The van der Waals surface area contributed by atoms with Crippen LogP contribution < -0.4 is 0 Å². The summed E-state index contributed by atoms with van der Waals surface area (Å²) in [5, 5.41) is 9.84. The zero-order valence-corrected chi connectivity index (χ0v) is 15.8. The first-order chi connectivity index (χ1) is 13.9. The van der Waals surface area contributed by atoms with Crippen LogP contribution in [-0.2, 0) is 12.7 Å². The number of H-pyrrole nitrogens is 1. The maximum absolute atomic E-state index is 13.0. The van der Waals surface area contributed by atoms with E-state index in [4.69, 9.17) is 0 Å². The van der Waals surface area contributed by atoms with Gasteiger partial charge in [0, 0.05) is 24.2 Å². The van der Waals surface area contributed by atoms with E-state index < -0.39 is 11.7 Å². The first-order valence-electron chi connectivity index (χ1n) is 9.61. The van der Waals surface area contributed by atoms with Crippen LogP contribution in [0.5, 0.6) is 0 Å². The van der Waals surface area contributed by atoms with E-state index in [2.05, 4.69) is 14.9 Å². The third-order valence-electron chi connectivity index (χ3n) is 5.16. The summed E-state index contributed by atoms with van der Waals surface area (Å²) >= 11 is 0. The molecule has 0 spiro atoms. The van der Waals surface area contributed by atoms with Crippen LogP contribution in [0.15, 0.2) is 54.7 Å². The molecule has 1 aliphatic rings. The number of piperidine rings is 1. The van der Waals surface area contributed by atoms with Crippen molar-refractivity contribution in [3.05, 3.63) is 65.9 Å². The number of alkyl halides is 3. The van der Waals surface area contributed by atoms with Gasteiger partial charge in [-0.05, 0) is 43.1 Å². The van der Waals surface area contributed by atoms with Crippen molar-refractivity contribution in [1.82, 2.24) is 14.9 Å². The molecular weight excluding hydrogens is 379 g/mol. The van der Waals surface area contributed by atoms with Gasteiger partial charge in [-0.3, -0.25) is 4.90 Å². The van der Waals surface area contributed by atoms with Gasteiger partial charge in [0.25, 0.3) is 0 Å². The molecule has 3 aromatic rings. The molecule has 4 nitrogen and oxygen atoms in total. The van der Waals surface area contributed by atoms with Gasteiger partial charge in [-0.25, -0.2) is 4.98 Å². The Kier molecular flexibility index (Phi) is 5.43. The Morgan fingerprint density at radius 1 is 1.10 bits per heavy atom. The number of rotatable bonds is 4. The van der Waals surface area contributed by atoms with Crippen molar-refractivity contribution in [3.63, 3.8) is 0 Å². The average molecular weight is 401 g/mol. The number of nitrogens with one attached hydrogen (secondary N) is 1. The molecule has 0 aliphatic carbocycles. The van der Waals surface area contributed by atoms with E-state index in [-0.39, 0.29) is 6.10 Å². The fourth-order valence-electron chi connectivity index (χ4n) is 3.73. The van der Waals surface area contributed by atoms with Gasteiger partial charge in [-0.2, -0.15) is 13.2 Å². The largest absolute Gasteiger partial charge is 0.416 e. The van der Waals surface area contributed by atoms with Gasteiger partial charge >= 0.3 is 6.18 Å². The topological polar surface area (TPSA) is 52.1 Å². The first kappa shape index (κ1) is 19.7. The minimum absolute atomic E-state index is 0.271. The van der Waals surface area contributed by atoms with Crippen molar-refractivity contribution in [2.45, 2.75) is 31.7 Å². The number of aliphatic hydroxyl groups is 1. The molecule has 1 aliphatic heterocycles. The molecule has 0 radical (unpaired) electrons. The lowest BCUT2D eigenvalue weighted by molar-refractivity contribution is -0.137. The molecule has 1 atom stereocenters. The molecule has 1 aromatic heterocycles. The van der Waals surface area contributed by atoms with Crippen LogP contribution in [-0.4, -0.2) is 39.2 Å². The normalized spacial score (nSPS) is 18.1. The Balaban J connectivity index is 1.54. The van der Waals surface area contributed by atoms with Crippen molar-refractivity contribution < 1.29 is 18.3 Å². The van der Waals surface area contributed by atoms with Gasteiger partial charge < -0.3 is 10.1 Å². The zero-order chi connectivity index (χ0) is 20.4. The zero-order valence-electron chi connectivity index (χ0n) is 15.8. The molecule has 1 fully saturated rings. The van der Waals surface area contributed by atoms with E-state index in [0.29, 0.717) is 23.6 Å². The highest BCUT2D eigenvalue weighted by Gasteiger charge is 2.30. The van der Waals surface area contributed by atoms with Crippen molar-refractivity contribution in [3.8, 4) is 22.6 Å². The summed E-state index contributed by atoms with van der Waals surface area (Å²) in [5.41, 5.74) is 2.27. The molecule has 2 heterocycles. The molecule has 152 valence electrons. The molecule has 0 saturated carbocycles. The second-order valence-electron chi connectivity index (χ2n) is 7.46. The molecule has 7 heteroatoms. The molecule has 29 heavy (non-hydrogen) atoms. The smallest absolute Gasteiger partial charge is 0.392 e. The number of nitrogens with zero attached hydrogens (tertiary/aromatic N) is 2. The summed E-state index contributed by atoms with van der Waals surface area (Å²) in [7, 11) is 0. The summed E-state index contributed by atoms with van der Waals surface area (Å²) in [4.78, 5) is 9.72. The first-order valence-corrected chi connectivity index (χ1v) is 9.61. The number of hydrogen-bond donors (Lipinski definition) is 2. The second kappa shape index (κ2) is 8.00. The van der Waals surface area contributed by atoms with Gasteiger partial charge in [-0.1, -0.05) is 30.3 Å². The van der Waals surface area contributed by atoms with Gasteiger partial charge in [0.15, 0.2) is 0 Å². The highest BCUT2D eigenvalue weighted by Crippen LogP contribution is 2.32. The number of likely N-dealkylation sites (tertiary alicyclic amines) is 1. The highest BCUT2D eigenvalue weighted by atomic mass is 19.4. The Morgan fingerprint density at radius 2 is 1.90 bits per heavy atom. The number of imidazole rings is 1. The minimum atomic E-state index is -4.38. The number of halogens is 3. The third kappa shape index (κ3) is 4.68. The number of aromatic nitrogens is 2. The van der Waals surface area contributed by atoms with Crippen molar-refractivity contribution in [2.24, 2.45) is 0 Å². The lowest BCUT2D eigenvalue weighted by atomic mass is 10.1. The maximum atomic E-state index is 13.0. The summed E-state index contributed by atoms with van der Waals surface area (Å²) in [5.74, 6) is 0.609. The molecule has 2 aromatic carbocycles. The predicted molar refractivity (Wildman–Crippen MR) is 105 cm³/mol. The van der Waals surface area contributed by atoms with Gasteiger partial charge in [-0.15, -0.1) is 0 Å². The van der Waals surface area contributed by atoms with E-state index in [1.54, 1.807) is 12.3 Å². The summed E-state index contributed by atoms with van der Waals surface area (Å²) in [6, 6.07) is 13.1. The van der Waals surface area contributed by atoms with Crippen LogP contribution in [0.4, 0.5) is 13.2 Å². The second-order valence-corrected chi connectivity index (χ2v) is 7.46. The Morgan fingerprint density at radius 3 is 2.69 bits per heavy atom. The standard InChI is InChI=1S/C22H22F3N3O/c23-22(24,25)18-7-2-5-16(11-18)20-12-26-21(27-20)17-6-1-4-15(10-17)13-28-9-3-8-19(29)14-28/h1-2,4-7,10-12,19,29H,3,8-9,13-14H2,(H,26,27)/t19-/m0/s1. The van der Waals surface area contributed by atoms with Crippen molar-refractivity contribution in [1.29, 1.82) is 0 Å². The quantitative estimate of drug-likeness (QED) is 0.665. The third-order valence-corrected chi connectivity index (χ3v) is 5.16. The van der Waals surface area contributed by atoms with Gasteiger partial charge in [0.05, 0.1) is 23.6 Å². The highest BCUT2D eigenvalue weighted by molar-refractivity contribution is 5.65. The van der Waals surface area contributed by atoms with Crippen LogP contribution >= 0.6 is 0 Å². The minimum Gasteiger partial charge on any atom is -0.392 e. The van der Waals surface area contributed by atoms with Crippen LogP contribution in [0.25, 0.3) is 22.6 Å². The molecule has 0 bridgehead atoms. The SMILES string of the molecule is O[C@H]1CCCN(Cc2cccc(-c3ncc(-c4cccc(C(F)(F)F)c4)[nH]3)c2)C1. The number of β-amino-alcohol motifs (C(OH)–C–C–N with tert-alkyl or cyclic N) is 1. The van der Waals surface area contributed by atoms with E-state index in [0.717, 1.165) is 49.2 Å². The number of aliphatic hydroxyl groups excluding tert-OH is 1. The van der Waals surface area contributed by atoms with E-state index in [9.17, 15) is 18.3 Å². The molecule has 0 amide bonds. The number of benzene rings is 2. The molecular formula is C22H22F3N3O. The summed E-state index contributed by atoms with van der Waals surface area (Å²) in [6.45, 7) is 2.37. The lowest BCUT2D eigenvalue weighted by Crippen LogP contribution is -2.37. The van der Waals surface area contributed by atoms with Crippen molar-refractivity contribution >= 4 is 0 Å². The summed E-state index contributed by atoms with van der Waals surface area (Å²) < 4.78 is 38.9. The predicted octanol–water partition coefficient (Wildman–Crippen LogP) is 4.72. The van der Waals surface area contributed by atoms with E-state index >= 15 is 0 Å². The Labute approximate surface area is 167 Å². The molecule has 2 N–H and O–H groups in total. The van der Waals surface area contributed by atoms with Gasteiger partial charge in [0.1, 0.15) is 5.82 Å². The van der Waals surface area contributed by atoms with Crippen LogP contribution in [0.1, 0.15) is 24.0 Å². The monoisotopic (exact) mass is 401 g/mol. The fourth-order valence-corrected chi connectivity index (χ4v) is 3.73. The molecule has 1 saturated heterocycles. The van der Waals surface area contributed by atoms with Crippen molar-refractivity contribution in [2.75, 3.05) is 13.1 Å². The van der Waals surface area contributed by atoms with Crippen LogP contribution in [0, 0.1) is 0 Å². The summed E-state index contributed by atoms with van der Waals surface area (Å²) in [6.07, 6.45) is -1.26. The average Bonchev–Trinajstić information content (AvgIpc) is 3.18. The molecule has 4 rings (SSSR count). The Bertz CT molecular complexity index is 983. The van der Waals surface area contributed by atoms with Crippen LogP contribution in [0.2, 0.25) is 0 Å². The van der Waals surface area contributed by atoms with Crippen LogP contribution in [0.3, 0.4) is 0 Å². The maximum Gasteiger partial charge on any atom is 0.416 e. The molecule has 0 unspecified atom stereocenters. The van der Waals surface area contributed by atoms with E-state index in [1.807, 2.05) is 24.3 Å². The van der Waals surface area contributed by atoms with Gasteiger partial charge in [0.2, 0.25) is 0 Å².